The standard InChI is InChI=1S/C16H24ClFO/c1-11(2)8-16(19,9-12(3)4)10-13-6-5-7-14(18)15(13)17/h5-7,11-12,19H,8-10H2,1-4H3. The third-order valence-corrected chi connectivity index (χ3v) is 3.55. The van der Waals surface area contributed by atoms with Crippen LogP contribution in [0.5, 0.6) is 0 Å². The Bertz CT molecular complexity index is 405. The summed E-state index contributed by atoms with van der Waals surface area (Å²) in [5.74, 6) is 0.350. The van der Waals surface area contributed by atoms with E-state index in [1.165, 1.54) is 6.07 Å². The molecule has 0 heterocycles. The van der Waals surface area contributed by atoms with Gasteiger partial charge in [0.1, 0.15) is 5.82 Å². The number of hydrogen-bond donors (Lipinski definition) is 1. The van der Waals surface area contributed by atoms with Crippen molar-refractivity contribution < 1.29 is 9.50 Å². The zero-order chi connectivity index (χ0) is 14.6. The number of aliphatic hydroxyl groups is 1. The number of halogens is 2. The SMILES string of the molecule is CC(C)CC(O)(Cc1cccc(F)c1Cl)CC(C)C. The third kappa shape index (κ3) is 5.12. The smallest absolute Gasteiger partial charge is 0.142 e. The zero-order valence-corrected chi connectivity index (χ0v) is 13.0. The van der Waals surface area contributed by atoms with Gasteiger partial charge >= 0.3 is 0 Å². The molecule has 0 aliphatic rings. The molecule has 0 aliphatic carbocycles. The van der Waals surface area contributed by atoms with Crippen molar-refractivity contribution in [1.29, 1.82) is 0 Å². The molecular weight excluding hydrogens is 263 g/mol. The van der Waals surface area contributed by atoms with E-state index in [1.807, 2.05) is 0 Å². The van der Waals surface area contributed by atoms with Gasteiger partial charge in [-0.1, -0.05) is 51.4 Å². The first-order valence-corrected chi connectivity index (χ1v) is 7.26. The monoisotopic (exact) mass is 286 g/mol. The fourth-order valence-corrected chi connectivity index (χ4v) is 2.98. The molecule has 1 aromatic carbocycles. The molecule has 0 radical (unpaired) electrons. The Morgan fingerprint density at radius 2 is 1.68 bits per heavy atom. The molecule has 0 saturated carbocycles. The largest absolute Gasteiger partial charge is 0.390 e. The Labute approximate surface area is 120 Å². The van der Waals surface area contributed by atoms with Crippen molar-refractivity contribution >= 4 is 11.6 Å². The lowest BCUT2D eigenvalue weighted by Crippen LogP contribution is -2.35. The Kier molecular flexibility index (Phi) is 5.82. The number of rotatable bonds is 6. The maximum absolute atomic E-state index is 13.5. The molecule has 0 saturated heterocycles. The van der Waals surface area contributed by atoms with Gasteiger partial charge in [-0.2, -0.15) is 0 Å². The first-order valence-electron chi connectivity index (χ1n) is 6.89. The number of hydrogen-bond acceptors (Lipinski definition) is 1. The molecule has 0 amide bonds. The minimum absolute atomic E-state index is 0.133. The highest BCUT2D eigenvalue weighted by molar-refractivity contribution is 6.31. The zero-order valence-electron chi connectivity index (χ0n) is 12.2. The Hall–Kier alpha value is -0.600. The van der Waals surface area contributed by atoms with E-state index in [-0.39, 0.29) is 5.02 Å². The van der Waals surface area contributed by atoms with E-state index in [2.05, 4.69) is 27.7 Å². The van der Waals surface area contributed by atoms with Gasteiger partial charge in [0.2, 0.25) is 0 Å². The fourth-order valence-electron chi connectivity index (χ4n) is 2.79. The Balaban J connectivity index is 2.96. The maximum Gasteiger partial charge on any atom is 0.142 e. The Morgan fingerprint density at radius 1 is 1.16 bits per heavy atom. The highest BCUT2D eigenvalue weighted by Crippen LogP contribution is 2.31. The van der Waals surface area contributed by atoms with Crippen molar-refractivity contribution in [1.82, 2.24) is 0 Å². The molecule has 0 atom stereocenters. The van der Waals surface area contributed by atoms with E-state index in [0.29, 0.717) is 36.7 Å². The summed E-state index contributed by atoms with van der Waals surface area (Å²) in [7, 11) is 0. The van der Waals surface area contributed by atoms with Gasteiger partial charge in [0.15, 0.2) is 0 Å². The second-order valence-electron chi connectivity index (χ2n) is 6.31. The van der Waals surface area contributed by atoms with Crippen LogP contribution in [0.15, 0.2) is 18.2 Å². The van der Waals surface area contributed by atoms with Crippen LogP contribution in [0, 0.1) is 17.7 Å². The predicted octanol–water partition coefficient (Wildman–Crippen LogP) is 4.84. The average molecular weight is 287 g/mol. The highest BCUT2D eigenvalue weighted by Gasteiger charge is 2.30. The molecule has 1 aromatic rings. The van der Waals surface area contributed by atoms with Crippen LogP contribution in [0.4, 0.5) is 4.39 Å². The molecule has 108 valence electrons. The van der Waals surface area contributed by atoms with Gasteiger partial charge in [0.05, 0.1) is 10.6 Å². The second kappa shape index (κ2) is 6.71. The molecule has 1 nitrogen and oxygen atoms in total. The molecule has 0 bridgehead atoms. The molecule has 1 rings (SSSR count). The third-order valence-electron chi connectivity index (χ3n) is 3.13. The summed E-state index contributed by atoms with van der Waals surface area (Å²) in [5, 5.41) is 11.0. The lowest BCUT2D eigenvalue weighted by atomic mass is 9.80. The summed E-state index contributed by atoms with van der Waals surface area (Å²) < 4.78 is 13.5. The molecule has 1 N–H and O–H groups in total. The lowest BCUT2D eigenvalue weighted by Gasteiger charge is -2.32. The average Bonchev–Trinajstić information content (AvgIpc) is 2.22. The molecule has 0 aromatic heterocycles. The molecule has 3 heteroatoms. The van der Waals surface area contributed by atoms with Crippen molar-refractivity contribution in [2.75, 3.05) is 0 Å². The second-order valence-corrected chi connectivity index (χ2v) is 6.69. The summed E-state index contributed by atoms with van der Waals surface area (Å²) in [6.45, 7) is 8.33. The summed E-state index contributed by atoms with van der Waals surface area (Å²) in [5.41, 5.74) is -0.134. The van der Waals surface area contributed by atoms with Crippen LogP contribution in [0.3, 0.4) is 0 Å². The van der Waals surface area contributed by atoms with Gasteiger partial charge in [0.25, 0.3) is 0 Å². The van der Waals surface area contributed by atoms with Crippen molar-refractivity contribution in [3.8, 4) is 0 Å². The van der Waals surface area contributed by atoms with Gasteiger partial charge in [-0.3, -0.25) is 0 Å². The summed E-state index contributed by atoms with van der Waals surface area (Å²) in [6.07, 6.45) is 1.79. The summed E-state index contributed by atoms with van der Waals surface area (Å²) in [6, 6.07) is 4.77. The van der Waals surface area contributed by atoms with Gasteiger partial charge in [0, 0.05) is 6.42 Å². The maximum atomic E-state index is 13.5. The first kappa shape index (κ1) is 16.5. The van der Waals surface area contributed by atoms with E-state index in [1.54, 1.807) is 12.1 Å². The van der Waals surface area contributed by atoms with Gasteiger partial charge in [-0.25, -0.2) is 4.39 Å². The van der Waals surface area contributed by atoms with Crippen molar-refractivity contribution in [2.45, 2.75) is 52.6 Å². The van der Waals surface area contributed by atoms with Gasteiger partial charge in [-0.15, -0.1) is 0 Å². The fraction of sp³-hybridized carbons (Fsp3) is 0.625. The van der Waals surface area contributed by atoms with Crippen molar-refractivity contribution in [3.63, 3.8) is 0 Å². The van der Waals surface area contributed by atoms with E-state index < -0.39 is 11.4 Å². The van der Waals surface area contributed by atoms with Crippen molar-refractivity contribution in [2.24, 2.45) is 11.8 Å². The van der Waals surface area contributed by atoms with E-state index in [4.69, 9.17) is 11.6 Å². The molecule has 19 heavy (non-hydrogen) atoms. The molecular formula is C16H24ClFO. The van der Waals surface area contributed by atoms with Crippen LogP contribution in [0.1, 0.15) is 46.1 Å². The molecule has 0 spiro atoms. The first-order chi connectivity index (χ1) is 8.73. The van der Waals surface area contributed by atoms with Crippen LogP contribution in [0.2, 0.25) is 5.02 Å². The van der Waals surface area contributed by atoms with Crippen LogP contribution in [0.25, 0.3) is 0 Å². The lowest BCUT2D eigenvalue weighted by molar-refractivity contribution is 0.000720. The molecule has 0 aliphatic heterocycles. The van der Waals surface area contributed by atoms with Crippen LogP contribution >= 0.6 is 11.6 Å². The minimum Gasteiger partial charge on any atom is -0.390 e. The topological polar surface area (TPSA) is 20.2 Å². The van der Waals surface area contributed by atoms with Gasteiger partial charge in [-0.05, 0) is 36.3 Å². The quantitative estimate of drug-likeness (QED) is 0.793. The Morgan fingerprint density at radius 3 is 2.16 bits per heavy atom. The van der Waals surface area contributed by atoms with Crippen LogP contribution < -0.4 is 0 Å². The summed E-state index contributed by atoms with van der Waals surface area (Å²) in [4.78, 5) is 0. The minimum atomic E-state index is -0.820. The van der Waals surface area contributed by atoms with E-state index in [0.717, 1.165) is 0 Å². The van der Waals surface area contributed by atoms with Crippen LogP contribution in [-0.4, -0.2) is 10.7 Å². The molecule has 0 fully saturated rings. The highest BCUT2D eigenvalue weighted by atomic mass is 35.5. The summed E-state index contributed by atoms with van der Waals surface area (Å²) >= 11 is 5.99. The van der Waals surface area contributed by atoms with E-state index in [9.17, 15) is 9.50 Å². The van der Waals surface area contributed by atoms with Gasteiger partial charge < -0.3 is 5.11 Å². The van der Waals surface area contributed by atoms with Crippen LogP contribution in [-0.2, 0) is 6.42 Å². The number of benzene rings is 1. The molecule has 0 unspecified atom stereocenters. The van der Waals surface area contributed by atoms with Crippen molar-refractivity contribution in [3.05, 3.63) is 34.6 Å². The predicted molar refractivity (Wildman–Crippen MR) is 79.0 cm³/mol. The van der Waals surface area contributed by atoms with E-state index >= 15 is 0 Å². The normalized spacial score (nSPS) is 12.5.